The van der Waals surface area contributed by atoms with E-state index in [1.165, 1.54) is 36.4 Å². The number of benzene rings is 3. The Morgan fingerprint density at radius 3 is 1.87 bits per heavy atom. The standard InChI is InChI=1S/C18H10N4O8S/c23-19(24)11-5-6-13(16(9-11)21(27)28)14-8-10(4-7-17(14)31)12-2-1-3-15(20(25)26)18(12)22(29)30/h1-9,31H. The van der Waals surface area contributed by atoms with Gasteiger partial charge in [-0.3, -0.25) is 40.5 Å². The van der Waals surface area contributed by atoms with E-state index < -0.39 is 42.4 Å². The maximum Gasteiger partial charge on any atom is 0.353 e. The van der Waals surface area contributed by atoms with Crippen LogP contribution < -0.4 is 0 Å². The van der Waals surface area contributed by atoms with E-state index in [0.29, 0.717) is 0 Å². The van der Waals surface area contributed by atoms with Gasteiger partial charge < -0.3 is 0 Å². The Morgan fingerprint density at radius 1 is 0.613 bits per heavy atom. The van der Waals surface area contributed by atoms with Crippen molar-refractivity contribution < 1.29 is 19.7 Å². The molecular formula is C18H10N4O8S. The summed E-state index contributed by atoms with van der Waals surface area (Å²) in [6.07, 6.45) is 0. The van der Waals surface area contributed by atoms with E-state index in [2.05, 4.69) is 12.6 Å². The van der Waals surface area contributed by atoms with Crippen LogP contribution in [0.1, 0.15) is 0 Å². The maximum absolute atomic E-state index is 11.5. The van der Waals surface area contributed by atoms with E-state index >= 15 is 0 Å². The fraction of sp³-hybridized carbons (Fsp3) is 0. The molecule has 0 aliphatic rings. The molecule has 0 saturated heterocycles. The first-order valence-electron chi connectivity index (χ1n) is 8.30. The first-order chi connectivity index (χ1) is 14.6. The molecule has 31 heavy (non-hydrogen) atoms. The lowest BCUT2D eigenvalue weighted by Crippen LogP contribution is -1.99. The number of thiol groups is 1. The number of para-hydroxylation sites is 1. The van der Waals surface area contributed by atoms with Gasteiger partial charge in [0, 0.05) is 22.6 Å². The normalized spacial score (nSPS) is 10.5. The van der Waals surface area contributed by atoms with E-state index in [4.69, 9.17) is 0 Å². The zero-order valence-electron chi connectivity index (χ0n) is 15.2. The zero-order chi connectivity index (χ0) is 22.9. The fourth-order valence-electron chi connectivity index (χ4n) is 3.04. The maximum atomic E-state index is 11.5. The van der Waals surface area contributed by atoms with Crippen LogP contribution in [0.25, 0.3) is 22.3 Å². The summed E-state index contributed by atoms with van der Waals surface area (Å²) in [5, 5.41) is 45.2. The molecule has 0 amide bonds. The lowest BCUT2D eigenvalue weighted by atomic mass is 9.96. The molecule has 0 bridgehead atoms. The lowest BCUT2D eigenvalue weighted by Gasteiger charge is -2.10. The van der Waals surface area contributed by atoms with Gasteiger partial charge >= 0.3 is 11.4 Å². The second kappa shape index (κ2) is 8.16. The van der Waals surface area contributed by atoms with Crippen LogP contribution in [0.5, 0.6) is 0 Å². The van der Waals surface area contributed by atoms with Crippen molar-refractivity contribution in [1.82, 2.24) is 0 Å². The van der Waals surface area contributed by atoms with Gasteiger partial charge in [0.15, 0.2) is 0 Å². The number of nitrogens with zero attached hydrogens (tertiary/aromatic N) is 4. The Labute approximate surface area is 177 Å². The summed E-state index contributed by atoms with van der Waals surface area (Å²) in [6, 6.07) is 10.8. The van der Waals surface area contributed by atoms with Crippen molar-refractivity contribution in [1.29, 1.82) is 0 Å². The molecule has 0 aliphatic carbocycles. The van der Waals surface area contributed by atoms with Crippen molar-refractivity contribution in [3.63, 3.8) is 0 Å². The van der Waals surface area contributed by atoms with Crippen molar-refractivity contribution in [3.05, 3.63) is 95.1 Å². The Kier molecular flexibility index (Phi) is 5.61. The van der Waals surface area contributed by atoms with Crippen LogP contribution in [0.3, 0.4) is 0 Å². The molecule has 0 radical (unpaired) electrons. The van der Waals surface area contributed by atoms with Gasteiger partial charge in [-0.1, -0.05) is 12.1 Å². The Morgan fingerprint density at radius 2 is 1.29 bits per heavy atom. The van der Waals surface area contributed by atoms with Crippen LogP contribution in [0.15, 0.2) is 59.5 Å². The van der Waals surface area contributed by atoms with Gasteiger partial charge in [0.25, 0.3) is 11.4 Å². The SMILES string of the molecule is O=[N+]([O-])c1ccc(-c2cc(-c3cccc([N+](=O)[O-])c3[N+](=O)[O-])ccc2S)c([N+](=O)[O-])c1. The highest BCUT2D eigenvalue weighted by atomic mass is 32.1. The second-order valence-electron chi connectivity index (χ2n) is 6.14. The van der Waals surface area contributed by atoms with Crippen LogP contribution in [-0.2, 0) is 0 Å². The van der Waals surface area contributed by atoms with Crippen molar-refractivity contribution in [3.8, 4) is 22.3 Å². The Balaban J connectivity index is 2.28. The third-order valence-corrected chi connectivity index (χ3v) is 4.77. The van der Waals surface area contributed by atoms with Gasteiger partial charge in [-0.2, -0.15) is 0 Å². The minimum Gasteiger partial charge on any atom is -0.258 e. The third kappa shape index (κ3) is 4.02. The van der Waals surface area contributed by atoms with E-state index in [9.17, 15) is 40.5 Å². The number of nitro groups is 4. The summed E-state index contributed by atoms with van der Waals surface area (Å²) in [7, 11) is 0. The van der Waals surface area contributed by atoms with Crippen molar-refractivity contribution >= 4 is 35.4 Å². The van der Waals surface area contributed by atoms with Crippen LogP contribution in [0, 0.1) is 40.5 Å². The number of hydrogen-bond donors (Lipinski definition) is 1. The van der Waals surface area contributed by atoms with Gasteiger partial charge in [0.2, 0.25) is 0 Å². The van der Waals surface area contributed by atoms with Crippen LogP contribution in [0.2, 0.25) is 0 Å². The number of rotatable bonds is 6. The van der Waals surface area contributed by atoms with Crippen molar-refractivity contribution in [2.75, 3.05) is 0 Å². The average Bonchev–Trinajstić information content (AvgIpc) is 2.72. The number of non-ortho nitro benzene ring substituents is 1. The summed E-state index contributed by atoms with van der Waals surface area (Å²) in [5.74, 6) is 0. The molecule has 12 nitrogen and oxygen atoms in total. The van der Waals surface area contributed by atoms with Gasteiger partial charge in [0.1, 0.15) is 0 Å². The molecular weight excluding hydrogens is 432 g/mol. The summed E-state index contributed by atoms with van der Waals surface area (Å²) >= 11 is 4.27. The van der Waals surface area contributed by atoms with Gasteiger partial charge in [-0.15, -0.1) is 12.6 Å². The topological polar surface area (TPSA) is 173 Å². The molecule has 13 heteroatoms. The summed E-state index contributed by atoms with van der Waals surface area (Å²) < 4.78 is 0. The van der Waals surface area contributed by atoms with Crippen molar-refractivity contribution in [2.45, 2.75) is 4.90 Å². The van der Waals surface area contributed by atoms with Gasteiger partial charge in [0.05, 0.1) is 36.9 Å². The first kappa shape index (κ1) is 21.3. The first-order valence-corrected chi connectivity index (χ1v) is 8.75. The molecule has 0 spiro atoms. The molecule has 3 rings (SSSR count). The largest absolute Gasteiger partial charge is 0.353 e. The van der Waals surface area contributed by atoms with Crippen LogP contribution >= 0.6 is 12.6 Å². The van der Waals surface area contributed by atoms with E-state index in [1.807, 2.05) is 0 Å². The zero-order valence-corrected chi connectivity index (χ0v) is 16.1. The molecule has 3 aromatic carbocycles. The highest BCUT2D eigenvalue weighted by Gasteiger charge is 2.29. The van der Waals surface area contributed by atoms with E-state index in [-0.39, 0.29) is 27.1 Å². The summed E-state index contributed by atoms with van der Waals surface area (Å²) in [6.45, 7) is 0. The molecule has 3 aromatic rings. The monoisotopic (exact) mass is 442 g/mol. The number of hydrogen-bond acceptors (Lipinski definition) is 9. The Bertz CT molecular complexity index is 1280. The molecule has 0 N–H and O–H groups in total. The molecule has 0 aromatic heterocycles. The second-order valence-corrected chi connectivity index (χ2v) is 6.62. The molecule has 0 heterocycles. The van der Waals surface area contributed by atoms with E-state index in [1.54, 1.807) is 0 Å². The van der Waals surface area contributed by atoms with Crippen LogP contribution in [-0.4, -0.2) is 19.7 Å². The fourth-order valence-corrected chi connectivity index (χ4v) is 3.29. The smallest absolute Gasteiger partial charge is 0.258 e. The predicted molar refractivity (Wildman–Crippen MR) is 111 cm³/mol. The Hall–Kier alpha value is -4.39. The molecule has 0 atom stereocenters. The van der Waals surface area contributed by atoms with Gasteiger partial charge in [-0.05, 0) is 29.8 Å². The average molecular weight is 442 g/mol. The molecule has 156 valence electrons. The summed E-state index contributed by atoms with van der Waals surface area (Å²) in [5.41, 5.74) is -2.21. The lowest BCUT2D eigenvalue weighted by molar-refractivity contribution is -0.422. The molecule has 0 aliphatic heterocycles. The molecule has 0 unspecified atom stereocenters. The van der Waals surface area contributed by atoms with E-state index in [0.717, 1.165) is 18.2 Å². The van der Waals surface area contributed by atoms with Crippen LogP contribution in [0.4, 0.5) is 22.7 Å². The quantitative estimate of drug-likeness (QED) is 0.317. The summed E-state index contributed by atoms with van der Waals surface area (Å²) in [4.78, 5) is 42.1. The number of nitro benzene ring substituents is 4. The molecule has 0 fully saturated rings. The molecule has 0 saturated carbocycles. The third-order valence-electron chi connectivity index (χ3n) is 4.38. The van der Waals surface area contributed by atoms with Gasteiger partial charge in [-0.25, -0.2) is 0 Å². The minimum atomic E-state index is -0.879. The predicted octanol–water partition coefficient (Wildman–Crippen LogP) is 4.94. The highest BCUT2D eigenvalue weighted by Crippen LogP contribution is 2.42. The van der Waals surface area contributed by atoms with Crippen molar-refractivity contribution in [2.24, 2.45) is 0 Å². The minimum absolute atomic E-state index is 0.00414. The highest BCUT2D eigenvalue weighted by molar-refractivity contribution is 7.80.